The maximum Gasteiger partial charge on any atom is 0.347 e. The Balaban J connectivity index is 2.20. The first kappa shape index (κ1) is 22.1. The SMILES string of the molecule is CCCCCC(=O)OC1(c2nc(OC)cc(OC)n2)OC(=O)c2c(Cl)ccc(Cl)c21. The molecule has 1 aromatic carbocycles. The van der Waals surface area contributed by atoms with Crippen LogP contribution in [0.5, 0.6) is 11.8 Å². The Morgan fingerprint density at radius 2 is 1.73 bits per heavy atom. The van der Waals surface area contributed by atoms with Gasteiger partial charge in [-0.25, -0.2) is 4.79 Å². The summed E-state index contributed by atoms with van der Waals surface area (Å²) in [4.78, 5) is 33.8. The molecule has 2 aromatic rings. The van der Waals surface area contributed by atoms with E-state index in [-0.39, 0.29) is 45.2 Å². The third-order valence-electron chi connectivity index (χ3n) is 4.51. The molecular weight excluding hydrogens is 435 g/mol. The topological polar surface area (TPSA) is 96.8 Å². The standard InChI is InChI=1S/C20H20Cl2N2O6/c1-4-5-6-7-15(25)29-20(19-23-13(27-2)10-14(24-19)28-3)17-12(22)9-8-11(21)16(17)18(26)30-20/h8-10H,4-7H2,1-3H3. The number of benzene rings is 1. The van der Waals surface area contributed by atoms with Crippen LogP contribution >= 0.6 is 23.2 Å². The molecule has 0 bridgehead atoms. The molecule has 30 heavy (non-hydrogen) atoms. The van der Waals surface area contributed by atoms with Gasteiger partial charge in [-0.15, -0.1) is 0 Å². The van der Waals surface area contributed by atoms with Gasteiger partial charge >= 0.3 is 17.7 Å². The molecule has 1 unspecified atom stereocenters. The predicted molar refractivity (Wildman–Crippen MR) is 108 cm³/mol. The highest BCUT2D eigenvalue weighted by Gasteiger charge is 2.56. The first-order chi connectivity index (χ1) is 14.4. The van der Waals surface area contributed by atoms with E-state index in [1.165, 1.54) is 32.4 Å². The minimum atomic E-state index is -2.13. The highest BCUT2D eigenvalue weighted by Crippen LogP contribution is 2.48. The van der Waals surface area contributed by atoms with Crippen molar-refractivity contribution < 1.29 is 28.5 Å². The highest BCUT2D eigenvalue weighted by atomic mass is 35.5. The van der Waals surface area contributed by atoms with Gasteiger partial charge in [-0.2, -0.15) is 9.97 Å². The number of carbonyl (C=O) groups excluding carboxylic acids is 2. The Kier molecular flexibility index (Phi) is 6.67. The van der Waals surface area contributed by atoms with Crippen molar-refractivity contribution in [1.29, 1.82) is 0 Å². The number of rotatable bonds is 8. The highest BCUT2D eigenvalue weighted by molar-refractivity contribution is 6.36. The summed E-state index contributed by atoms with van der Waals surface area (Å²) in [7, 11) is 2.79. The van der Waals surface area contributed by atoms with Crippen LogP contribution in [0.15, 0.2) is 18.2 Å². The number of ether oxygens (including phenoxy) is 4. The normalized spacial score (nSPS) is 17.3. The molecule has 2 heterocycles. The summed E-state index contributed by atoms with van der Waals surface area (Å²) in [6, 6.07) is 4.36. The van der Waals surface area contributed by atoms with E-state index in [1.54, 1.807) is 0 Å². The lowest BCUT2D eigenvalue weighted by Crippen LogP contribution is -2.36. The summed E-state index contributed by atoms with van der Waals surface area (Å²) >= 11 is 12.6. The molecule has 160 valence electrons. The summed E-state index contributed by atoms with van der Waals surface area (Å²) < 4.78 is 21.6. The molecule has 1 aliphatic heterocycles. The Morgan fingerprint density at radius 3 is 2.33 bits per heavy atom. The first-order valence-electron chi connectivity index (χ1n) is 9.27. The lowest BCUT2D eigenvalue weighted by molar-refractivity contribution is -0.196. The molecule has 0 saturated carbocycles. The minimum absolute atomic E-state index is 0.0177. The fourth-order valence-electron chi connectivity index (χ4n) is 3.07. The zero-order valence-corrected chi connectivity index (χ0v) is 18.2. The van der Waals surface area contributed by atoms with Gasteiger partial charge in [0, 0.05) is 6.42 Å². The van der Waals surface area contributed by atoms with Crippen LogP contribution in [-0.2, 0) is 20.1 Å². The molecule has 0 saturated heterocycles. The number of hydrogen-bond acceptors (Lipinski definition) is 8. The fourth-order valence-corrected chi connectivity index (χ4v) is 3.59. The van der Waals surface area contributed by atoms with Crippen LogP contribution < -0.4 is 9.47 Å². The summed E-state index contributed by atoms with van der Waals surface area (Å²) in [6.07, 6.45) is 2.49. The van der Waals surface area contributed by atoms with Gasteiger partial charge in [-0.3, -0.25) is 4.79 Å². The number of halogens is 2. The molecule has 0 radical (unpaired) electrons. The van der Waals surface area contributed by atoms with Crippen molar-refractivity contribution >= 4 is 35.1 Å². The van der Waals surface area contributed by atoms with Crippen molar-refractivity contribution in [2.45, 2.75) is 38.4 Å². The van der Waals surface area contributed by atoms with E-state index >= 15 is 0 Å². The van der Waals surface area contributed by atoms with Gasteiger partial charge in [-0.1, -0.05) is 43.0 Å². The molecule has 1 aromatic heterocycles. The van der Waals surface area contributed by atoms with Gasteiger partial charge in [-0.05, 0) is 18.6 Å². The van der Waals surface area contributed by atoms with Gasteiger partial charge in [0.2, 0.25) is 17.6 Å². The van der Waals surface area contributed by atoms with Crippen molar-refractivity contribution in [2.24, 2.45) is 0 Å². The number of hydrogen-bond donors (Lipinski definition) is 0. The molecule has 3 rings (SSSR count). The van der Waals surface area contributed by atoms with Crippen molar-refractivity contribution in [2.75, 3.05) is 14.2 Å². The molecule has 1 atom stereocenters. The number of methoxy groups -OCH3 is 2. The second-order valence-electron chi connectivity index (χ2n) is 6.49. The van der Waals surface area contributed by atoms with Crippen molar-refractivity contribution in [1.82, 2.24) is 9.97 Å². The van der Waals surface area contributed by atoms with Gasteiger partial charge in [0.1, 0.15) is 0 Å². The Bertz CT molecular complexity index is 962. The molecule has 0 amide bonds. The Labute approximate surface area is 183 Å². The largest absolute Gasteiger partial charge is 0.481 e. The second-order valence-corrected chi connectivity index (χ2v) is 7.31. The molecule has 8 nitrogen and oxygen atoms in total. The van der Waals surface area contributed by atoms with Gasteiger partial charge in [0.15, 0.2) is 0 Å². The van der Waals surface area contributed by atoms with Gasteiger partial charge in [0.05, 0.1) is 41.5 Å². The van der Waals surface area contributed by atoms with Crippen molar-refractivity contribution in [3.8, 4) is 11.8 Å². The lowest BCUT2D eigenvalue weighted by atomic mass is 10.0. The minimum Gasteiger partial charge on any atom is -0.481 e. The van der Waals surface area contributed by atoms with Crippen LogP contribution in [-0.4, -0.2) is 36.1 Å². The molecule has 0 fully saturated rings. The molecular formula is C20H20Cl2N2O6. The van der Waals surface area contributed by atoms with E-state index in [4.69, 9.17) is 42.1 Å². The van der Waals surface area contributed by atoms with Crippen molar-refractivity contribution in [3.05, 3.63) is 45.2 Å². The quantitative estimate of drug-likeness (QED) is 0.430. The van der Waals surface area contributed by atoms with Crippen LogP contribution in [0.3, 0.4) is 0 Å². The summed E-state index contributed by atoms with van der Waals surface area (Å²) in [6.45, 7) is 2.01. The average molecular weight is 455 g/mol. The Hall–Kier alpha value is -2.58. The lowest BCUT2D eigenvalue weighted by Gasteiger charge is -2.27. The average Bonchev–Trinajstić information content (AvgIpc) is 3.04. The van der Waals surface area contributed by atoms with Crippen molar-refractivity contribution in [3.63, 3.8) is 0 Å². The molecule has 0 N–H and O–H groups in total. The van der Waals surface area contributed by atoms with Crippen LogP contribution in [0.4, 0.5) is 0 Å². The first-order valence-corrected chi connectivity index (χ1v) is 10.0. The number of unbranched alkanes of at least 4 members (excludes halogenated alkanes) is 2. The van der Waals surface area contributed by atoms with E-state index in [2.05, 4.69) is 9.97 Å². The zero-order chi connectivity index (χ0) is 21.9. The van der Waals surface area contributed by atoms with Crippen LogP contribution in [0.25, 0.3) is 0 Å². The van der Waals surface area contributed by atoms with Crippen LogP contribution in [0, 0.1) is 0 Å². The number of cyclic esters (lactones) is 1. The maximum atomic E-state index is 12.7. The van der Waals surface area contributed by atoms with Gasteiger partial charge in [0.25, 0.3) is 0 Å². The molecule has 0 spiro atoms. The van der Waals surface area contributed by atoms with Crippen LogP contribution in [0.1, 0.15) is 54.4 Å². The predicted octanol–water partition coefficient (Wildman–Crippen LogP) is 4.30. The fraction of sp³-hybridized carbons (Fsp3) is 0.400. The zero-order valence-electron chi connectivity index (χ0n) is 16.7. The third kappa shape index (κ3) is 4.02. The summed E-state index contributed by atoms with van der Waals surface area (Å²) in [5, 5.41) is 0.199. The Morgan fingerprint density at radius 1 is 1.10 bits per heavy atom. The van der Waals surface area contributed by atoms with E-state index in [0.29, 0.717) is 6.42 Å². The third-order valence-corrected chi connectivity index (χ3v) is 5.14. The van der Waals surface area contributed by atoms with E-state index in [9.17, 15) is 9.59 Å². The van der Waals surface area contributed by atoms with E-state index < -0.39 is 17.7 Å². The smallest absolute Gasteiger partial charge is 0.347 e. The molecule has 1 aliphatic rings. The maximum absolute atomic E-state index is 12.7. The van der Waals surface area contributed by atoms with E-state index in [1.807, 2.05) is 6.92 Å². The monoisotopic (exact) mass is 454 g/mol. The van der Waals surface area contributed by atoms with E-state index in [0.717, 1.165) is 12.8 Å². The number of fused-ring (bicyclic) bond motifs is 1. The van der Waals surface area contributed by atoms with Gasteiger partial charge < -0.3 is 18.9 Å². The molecule has 0 aliphatic carbocycles. The number of carbonyl (C=O) groups is 2. The number of aromatic nitrogens is 2. The summed E-state index contributed by atoms with van der Waals surface area (Å²) in [5.74, 6) is -3.50. The summed E-state index contributed by atoms with van der Waals surface area (Å²) in [5.41, 5.74) is 0.0386. The molecule has 10 heteroatoms. The number of esters is 2. The second kappa shape index (κ2) is 9.06. The number of nitrogens with zero attached hydrogens (tertiary/aromatic N) is 2. The van der Waals surface area contributed by atoms with Crippen LogP contribution in [0.2, 0.25) is 10.0 Å².